The first kappa shape index (κ1) is 17.8. The maximum atomic E-state index is 12.6. The van der Waals surface area contributed by atoms with E-state index in [-0.39, 0.29) is 11.9 Å². The van der Waals surface area contributed by atoms with Crippen molar-refractivity contribution in [3.63, 3.8) is 0 Å². The Kier molecular flexibility index (Phi) is 5.61. The quantitative estimate of drug-likeness (QED) is 0.893. The highest BCUT2D eigenvalue weighted by molar-refractivity contribution is 5.89. The highest BCUT2D eigenvalue weighted by Gasteiger charge is 2.29. The van der Waals surface area contributed by atoms with Gasteiger partial charge in [-0.2, -0.15) is 0 Å². The topological polar surface area (TPSA) is 52.7 Å². The summed E-state index contributed by atoms with van der Waals surface area (Å²) in [5, 5.41) is 2.98. The molecule has 2 fully saturated rings. The van der Waals surface area contributed by atoms with Crippen LogP contribution in [0.3, 0.4) is 0 Å². The fourth-order valence-electron chi connectivity index (χ4n) is 3.99. The van der Waals surface area contributed by atoms with Crippen LogP contribution in [-0.2, 0) is 4.79 Å². The van der Waals surface area contributed by atoms with Gasteiger partial charge in [0.1, 0.15) is 0 Å². The van der Waals surface area contributed by atoms with E-state index >= 15 is 0 Å². The Morgan fingerprint density at radius 3 is 2.04 bits per heavy atom. The number of hydrogen-bond acceptors (Lipinski definition) is 2. The van der Waals surface area contributed by atoms with Crippen LogP contribution in [0.1, 0.15) is 43.2 Å². The lowest BCUT2D eigenvalue weighted by molar-refractivity contribution is -0.138. The molecule has 1 aromatic carbocycles. The maximum Gasteiger partial charge on any atom is 0.321 e. The first-order chi connectivity index (χ1) is 12.0. The van der Waals surface area contributed by atoms with Gasteiger partial charge in [0, 0.05) is 37.8 Å². The number of nitrogens with zero attached hydrogens (tertiary/aromatic N) is 2. The van der Waals surface area contributed by atoms with Crippen molar-refractivity contribution in [2.75, 3.05) is 31.5 Å². The van der Waals surface area contributed by atoms with Crippen LogP contribution < -0.4 is 5.32 Å². The number of carbonyl (C=O) groups excluding carboxylic acids is 2. The number of aryl methyl sites for hydroxylation is 2. The number of urea groups is 1. The predicted molar refractivity (Wildman–Crippen MR) is 99.7 cm³/mol. The normalized spacial score (nSPS) is 19.0. The second kappa shape index (κ2) is 7.89. The van der Waals surface area contributed by atoms with Gasteiger partial charge in [-0.3, -0.25) is 4.79 Å². The van der Waals surface area contributed by atoms with Gasteiger partial charge in [0.05, 0.1) is 0 Å². The molecule has 0 aromatic heterocycles. The molecule has 0 atom stereocenters. The van der Waals surface area contributed by atoms with Crippen LogP contribution in [0.15, 0.2) is 18.2 Å². The van der Waals surface area contributed by atoms with Crippen LogP contribution in [-0.4, -0.2) is 47.9 Å². The summed E-state index contributed by atoms with van der Waals surface area (Å²) in [4.78, 5) is 28.8. The van der Waals surface area contributed by atoms with E-state index in [0.29, 0.717) is 32.1 Å². The Hall–Kier alpha value is -2.04. The number of amides is 3. The molecule has 5 nitrogen and oxygen atoms in total. The number of anilines is 1. The zero-order valence-electron chi connectivity index (χ0n) is 15.4. The molecule has 1 saturated heterocycles. The SMILES string of the molecule is Cc1cc(C)cc(NC(=O)N2CCN(C(=O)C3CCCCC3)CC2)c1. The van der Waals surface area contributed by atoms with Gasteiger partial charge in [-0.1, -0.05) is 25.3 Å². The predicted octanol–water partition coefficient (Wildman–Crippen LogP) is 3.56. The summed E-state index contributed by atoms with van der Waals surface area (Å²) in [5.74, 6) is 0.512. The third-order valence-corrected chi connectivity index (χ3v) is 5.31. The van der Waals surface area contributed by atoms with E-state index in [4.69, 9.17) is 0 Å². The minimum absolute atomic E-state index is 0.0743. The number of nitrogens with one attached hydrogen (secondary N) is 1. The maximum absolute atomic E-state index is 12.6. The van der Waals surface area contributed by atoms with Crippen molar-refractivity contribution in [2.45, 2.75) is 46.0 Å². The molecule has 0 bridgehead atoms. The van der Waals surface area contributed by atoms with Crippen LogP contribution in [0.25, 0.3) is 0 Å². The average molecular weight is 343 g/mol. The van der Waals surface area contributed by atoms with E-state index in [2.05, 4.69) is 11.4 Å². The van der Waals surface area contributed by atoms with Crippen molar-refractivity contribution < 1.29 is 9.59 Å². The molecule has 1 aliphatic heterocycles. The van der Waals surface area contributed by atoms with Crippen LogP contribution in [0.5, 0.6) is 0 Å². The molecule has 1 N–H and O–H groups in total. The number of rotatable bonds is 2. The largest absolute Gasteiger partial charge is 0.339 e. The van der Waals surface area contributed by atoms with Crippen molar-refractivity contribution in [1.82, 2.24) is 9.80 Å². The summed E-state index contributed by atoms with van der Waals surface area (Å²) >= 11 is 0. The van der Waals surface area contributed by atoms with Gasteiger partial charge in [0.15, 0.2) is 0 Å². The second-order valence-electron chi connectivity index (χ2n) is 7.45. The Labute approximate surface area is 150 Å². The van der Waals surface area contributed by atoms with Crippen molar-refractivity contribution in [2.24, 2.45) is 5.92 Å². The van der Waals surface area contributed by atoms with E-state index in [9.17, 15) is 9.59 Å². The first-order valence-electron chi connectivity index (χ1n) is 9.46. The zero-order valence-corrected chi connectivity index (χ0v) is 15.4. The van der Waals surface area contributed by atoms with Gasteiger partial charge in [-0.05, 0) is 49.9 Å². The summed E-state index contributed by atoms with van der Waals surface area (Å²) in [5.41, 5.74) is 3.11. The van der Waals surface area contributed by atoms with Gasteiger partial charge in [0.2, 0.25) is 5.91 Å². The zero-order chi connectivity index (χ0) is 17.8. The Bertz CT molecular complexity index is 610. The van der Waals surface area contributed by atoms with Gasteiger partial charge in [-0.15, -0.1) is 0 Å². The summed E-state index contributed by atoms with van der Waals surface area (Å²) in [6.45, 7) is 6.56. The van der Waals surface area contributed by atoms with E-state index < -0.39 is 0 Å². The average Bonchev–Trinajstić information content (AvgIpc) is 2.61. The van der Waals surface area contributed by atoms with E-state index in [1.54, 1.807) is 0 Å². The van der Waals surface area contributed by atoms with Crippen LogP contribution in [0, 0.1) is 19.8 Å². The van der Waals surface area contributed by atoms with E-state index in [0.717, 1.165) is 29.7 Å². The first-order valence-corrected chi connectivity index (χ1v) is 9.46. The number of hydrogen-bond donors (Lipinski definition) is 1. The molecular weight excluding hydrogens is 314 g/mol. The molecule has 3 amide bonds. The molecule has 0 radical (unpaired) electrons. The second-order valence-corrected chi connectivity index (χ2v) is 7.45. The lowest BCUT2D eigenvalue weighted by Crippen LogP contribution is -2.53. The van der Waals surface area contributed by atoms with Crippen molar-refractivity contribution in [1.29, 1.82) is 0 Å². The molecular formula is C20H29N3O2. The molecule has 1 saturated carbocycles. The Morgan fingerprint density at radius 2 is 1.44 bits per heavy atom. The van der Waals surface area contributed by atoms with Gasteiger partial charge in [-0.25, -0.2) is 4.79 Å². The molecule has 2 aliphatic rings. The van der Waals surface area contributed by atoms with Crippen molar-refractivity contribution >= 4 is 17.6 Å². The monoisotopic (exact) mass is 343 g/mol. The minimum atomic E-state index is -0.0743. The van der Waals surface area contributed by atoms with Gasteiger partial charge >= 0.3 is 6.03 Å². The van der Waals surface area contributed by atoms with Crippen molar-refractivity contribution in [3.8, 4) is 0 Å². The van der Waals surface area contributed by atoms with Crippen LogP contribution in [0.2, 0.25) is 0 Å². The molecule has 0 spiro atoms. The molecule has 1 aromatic rings. The smallest absolute Gasteiger partial charge is 0.321 e. The summed E-state index contributed by atoms with van der Waals surface area (Å²) in [7, 11) is 0. The van der Waals surface area contributed by atoms with Gasteiger partial charge < -0.3 is 15.1 Å². The third-order valence-electron chi connectivity index (χ3n) is 5.31. The minimum Gasteiger partial charge on any atom is -0.339 e. The molecule has 0 unspecified atom stereocenters. The third kappa shape index (κ3) is 4.53. The fraction of sp³-hybridized carbons (Fsp3) is 0.600. The molecule has 5 heteroatoms. The molecule has 1 heterocycles. The standard InChI is InChI=1S/C20H29N3O2/c1-15-12-16(2)14-18(13-15)21-20(25)23-10-8-22(9-11-23)19(24)17-6-4-3-5-7-17/h12-14,17H,3-11H2,1-2H3,(H,21,25). The van der Waals surface area contributed by atoms with E-state index in [1.807, 2.05) is 35.8 Å². The van der Waals surface area contributed by atoms with Gasteiger partial charge in [0.25, 0.3) is 0 Å². The fourth-order valence-corrected chi connectivity index (χ4v) is 3.99. The summed E-state index contributed by atoms with van der Waals surface area (Å²) < 4.78 is 0. The Morgan fingerprint density at radius 1 is 0.880 bits per heavy atom. The Balaban J connectivity index is 1.51. The highest BCUT2D eigenvalue weighted by atomic mass is 16.2. The number of piperazine rings is 1. The molecule has 3 rings (SSSR count). The molecule has 136 valence electrons. The van der Waals surface area contributed by atoms with Crippen molar-refractivity contribution in [3.05, 3.63) is 29.3 Å². The lowest BCUT2D eigenvalue weighted by atomic mass is 9.88. The number of carbonyl (C=O) groups is 2. The lowest BCUT2D eigenvalue weighted by Gasteiger charge is -2.37. The summed E-state index contributed by atoms with van der Waals surface area (Å²) in [6, 6.07) is 5.97. The summed E-state index contributed by atoms with van der Waals surface area (Å²) in [6.07, 6.45) is 5.68. The van der Waals surface area contributed by atoms with Crippen LogP contribution in [0.4, 0.5) is 10.5 Å². The molecule has 1 aliphatic carbocycles. The molecule has 25 heavy (non-hydrogen) atoms. The number of benzene rings is 1. The highest BCUT2D eigenvalue weighted by Crippen LogP contribution is 2.26. The van der Waals surface area contributed by atoms with E-state index in [1.165, 1.54) is 19.3 Å². The van der Waals surface area contributed by atoms with Crippen LogP contribution >= 0.6 is 0 Å².